The maximum atomic E-state index is 13.6. The maximum Gasteiger partial charge on any atom is 0.339 e. The van der Waals surface area contributed by atoms with Gasteiger partial charge in [0.25, 0.3) is 5.69 Å². The van der Waals surface area contributed by atoms with Gasteiger partial charge in [0.15, 0.2) is 0 Å². The predicted octanol–water partition coefficient (Wildman–Crippen LogP) is 2.89. The molecule has 1 heterocycles. The Balaban J connectivity index is 2.79. The van der Waals surface area contributed by atoms with Gasteiger partial charge in [-0.25, -0.2) is 13.9 Å². The lowest BCUT2D eigenvalue weighted by molar-refractivity contribution is -0.384. The number of nitrogens with zero attached hydrogens (tertiary/aromatic N) is 3. The molecule has 0 saturated carbocycles. The van der Waals surface area contributed by atoms with Crippen LogP contribution in [0.5, 0.6) is 0 Å². The number of aromatic carboxylic acids is 1. The van der Waals surface area contributed by atoms with E-state index in [0.29, 0.717) is 0 Å². The molecule has 9 heteroatoms. The Hall–Kier alpha value is -2.48. The third-order valence-corrected chi connectivity index (χ3v) is 3.24. The van der Waals surface area contributed by atoms with Crippen molar-refractivity contribution in [3.05, 3.63) is 50.0 Å². The van der Waals surface area contributed by atoms with Crippen molar-refractivity contribution in [2.24, 2.45) is 0 Å². The average molecular weight is 314 g/mol. The Morgan fingerprint density at radius 3 is 2.57 bits per heavy atom. The second-order valence-electron chi connectivity index (χ2n) is 4.27. The molecule has 2 rings (SSSR count). The van der Waals surface area contributed by atoms with Crippen molar-refractivity contribution in [2.75, 3.05) is 0 Å². The summed E-state index contributed by atoms with van der Waals surface area (Å²) in [6, 6.07) is 1.72. The summed E-state index contributed by atoms with van der Waals surface area (Å²) in [5, 5.41) is 23.7. The number of rotatable bonds is 3. The van der Waals surface area contributed by atoms with Crippen molar-refractivity contribution in [1.29, 1.82) is 0 Å². The molecule has 0 aliphatic rings. The van der Waals surface area contributed by atoms with E-state index in [-0.39, 0.29) is 22.6 Å². The van der Waals surface area contributed by atoms with Crippen LogP contribution < -0.4 is 0 Å². The number of hydrogen-bond donors (Lipinski definition) is 1. The zero-order chi connectivity index (χ0) is 15.9. The standard InChI is InChI=1S/C12H9ClFN3O4/c1-5-11(12(18)19)6(2)16(15-5)9-4-8(14)7(13)3-10(9)17(20)21/h3-4H,1-2H3,(H,18,19). The summed E-state index contributed by atoms with van der Waals surface area (Å²) in [5.41, 5.74) is -0.409. The molecule has 0 fully saturated rings. The number of carboxylic acid groups (broad SMARTS) is 1. The molecular formula is C12H9ClFN3O4. The molecular weight excluding hydrogens is 305 g/mol. The second-order valence-corrected chi connectivity index (χ2v) is 4.68. The smallest absolute Gasteiger partial charge is 0.339 e. The first-order valence-electron chi connectivity index (χ1n) is 5.67. The highest BCUT2D eigenvalue weighted by molar-refractivity contribution is 6.31. The lowest BCUT2D eigenvalue weighted by atomic mass is 10.2. The predicted molar refractivity (Wildman–Crippen MR) is 71.6 cm³/mol. The van der Waals surface area contributed by atoms with Gasteiger partial charge in [0.05, 0.1) is 21.3 Å². The van der Waals surface area contributed by atoms with Gasteiger partial charge in [-0.1, -0.05) is 11.6 Å². The van der Waals surface area contributed by atoms with Crippen LogP contribution in [-0.4, -0.2) is 25.8 Å². The van der Waals surface area contributed by atoms with E-state index in [4.69, 9.17) is 16.7 Å². The minimum atomic E-state index is -1.21. The summed E-state index contributed by atoms with van der Waals surface area (Å²) in [6.45, 7) is 2.88. The molecule has 0 amide bonds. The summed E-state index contributed by atoms with van der Waals surface area (Å²) in [5.74, 6) is -2.07. The summed E-state index contributed by atoms with van der Waals surface area (Å²) < 4.78 is 14.6. The number of nitro groups is 1. The van der Waals surface area contributed by atoms with Gasteiger partial charge in [-0.2, -0.15) is 5.10 Å². The second kappa shape index (κ2) is 5.13. The SMILES string of the molecule is Cc1nn(-c2cc(F)c(Cl)cc2[N+](=O)[O-])c(C)c1C(=O)O. The van der Waals surface area contributed by atoms with Crippen LogP contribution in [0.2, 0.25) is 5.02 Å². The lowest BCUT2D eigenvalue weighted by Gasteiger charge is -2.07. The number of hydrogen-bond acceptors (Lipinski definition) is 4. The molecule has 0 radical (unpaired) electrons. The summed E-state index contributed by atoms with van der Waals surface area (Å²) in [4.78, 5) is 21.5. The molecule has 2 aromatic rings. The number of aromatic nitrogens is 2. The Morgan fingerprint density at radius 1 is 1.48 bits per heavy atom. The topological polar surface area (TPSA) is 98.3 Å². The Kier molecular flexibility index (Phi) is 3.65. The monoisotopic (exact) mass is 313 g/mol. The number of halogens is 2. The van der Waals surface area contributed by atoms with Gasteiger partial charge >= 0.3 is 5.97 Å². The Morgan fingerprint density at radius 2 is 2.10 bits per heavy atom. The molecule has 0 aliphatic heterocycles. The lowest BCUT2D eigenvalue weighted by Crippen LogP contribution is -2.06. The van der Waals surface area contributed by atoms with E-state index in [9.17, 15) is 19.3 Å². The van der Waals surface area contributed by atoms with Crippen LogP contribution in [0, 0.1) is 29.8 Å². The number of carbonyl (C=O) groups is 1. The van der Waals surface area contributed by atoms with Crippen molar-refractivity contribution >= 4 is 23.3 Å². The van der Waals surface area contributed by atoms with E-state index < -0.39 is 27.4 Å². The van der Waals surface area contributed by atoms with Gasteiger partial charge in [-0.3, -0.25) is 10.1 Å². The molecule has 0 aliphatic carbocycles. The zero-order valence-corrected chi connectivity index (χ0v) is 11.7. The molecule has 0 spiro atoms. The third-order valence-electron chi connectivity index (χ3n) is 2.95. The first kappa shape index (κ1) is 14.9. The molecule has 0 bridgehead atoms. The largest absolute Gasteiger partial charge is 0.478 e. The fourth-order valence-corrected chi connectivity index (χ4v) is 2.19. The molecule has 1 N–H and O–H groups in total. The van der Waals surface area contributed by atoms with Crippen LogP contribution in [0.1, 0.15) is 21.7 Å². The minimum absolute atomic E-state index is 0.0837. The zero-order valence-electron chi connectivity index (χ0n) is 10.9. The van der Waals surface area contributed by atoms with Crippen LogP contribution in [0.15, 0.2) is 12.1 Å². The minimum Gasteiger partial charge on any atom is -0.478 e. The third kappa shape index (κ3) is 2.45. The van der Waals surface area contributed by atoms with Gasteiger partial charge in [0, 0.05) is 12.1 Å². The highest BCUT2D eigenvalue weighted by Crippen LogP contribution is 2.30. The van der Waals surface area contributed by atoms with Crippen LogP contribution in [-0.2, 0) is 0 Å². The highest BCUT2D eigenvalue weighted by atomic mass is 35.5. The molecule has 7 nitrogen and oxygen atoms in total. The van der Waals surface area contributed by atoms with E-state index in [1.54, 1.807) is 0 Å². The summed E-state index contributed by atoms with van der Waals surface area (Å²) in [7, 11) is 0. The van der Waals surface area contributed by atoms with Gasteiger partial charge in [-0.15, -0.1) is 0 Å². The van der Waals surface area contributed by atoms with Crippen molar-refractivity contribution in [3.8, 4) is 5.69 Å². The van der Waals surface area contributed by atoms with Gasteiger partial charge < -0.3 is 5.11 Å². The molecule has 0 atom stereocenters. The first-order valence-corrected chi connectivity index (χ1v) is 6.05. The van der Waals surface area contributed by atoms with E-state index in [2.05, 4.69) is 5.10 Å². The molecule has 21 heavy (non-hydrogen) atoms. The van der Waals surface area contributed by atoms with Crippen LogP contribution in [0.25, 0.3) is 5.69 Å². The normalized spacial score (nSPS) is 10.7. The van der Waals surface area contributed by atoms with Crippen molar-refractivity contribution in [3.63, 3.8) is 0 Å². The van der Waals surface area contributed by atoms with Gasteiger partial charge in [0.2, 0.25) is 0 Å². The van der Waals surface area contributed by atoms with Crippen molar-refractivity contribution in [2.45, 2.75) is 13.8 Å². The average Bonchev–Trinajstić information content (AvgIpc) is 2.67. The Labute approximate surface area is 122 Å². The first-order chi connectivity index (χ1) is 9.73. The van der Waals surface area contributed by atoms with Crippen LogP contribution >= 0.6 is 11.6 Å². The van der Waals surface area contributed by atoms with Crippen LogP contribution in [0.4, 0.5) is 10.1 Å². The quantitative estimate of drug-likeness (QED) is 0.694. The number of carboxylic acids is 1. The number of benzene rings is 1. The molecule has 0 saturated heterocycles. The van der Waals surface area contributed by atoms with Crippen molar-refractivity contribution in [1.82, 2.24) is 9.78 Å². The van der Waals surface area contributed by atoms with Gasteiger partial charge in [-0.05, 0) is 13.8 Å². The fourth-order valence-electron chi connectivity index (χ4n) is 2.03. The number of nitro benzene ring substituents is 1. The molecule has 1 aromatic heterocycles. The van der Waals surface area contributed by atoms with Crippen LogP contribution in [0.3, 0.4) is 0 Å². The maximum absolute atomic E-state index is 13.6. The summed E-state index contributed by atoms with van der Waals surface area (Å²) in [6.07, 6.45) is 0. The molecule has 0 unspecified atom stereocenters. The highest BCUT2D eigenvalue weighted by Gasteiger charge is 2.25. The fraction of sp³-hybridized carbons (Fsp3) is 0.167. The van der Waals surface area contributed by atoms with E-state index >= 15 is 0 Å². The van der Waals surface area contributed by atoms with E-state index in [1.165, 1.54) is 13.8 Å². The van der Waals surface area contributed by atoms with E-state index in [1.807, 2.05) is 0 Å². The number of aryl methyl sites for hydroxylation is 1. The van der Waals surface area contributed by atoms with Gasteiger partial charge in [0.1, 0.15) is 17.1 Å². The van der Waals surface area contributed by atoms with E-state index in [0.717, 1.165) is 16.8 Å². The Bertz CT molecular complexity index is 772. The van der Waals surface area contributed by atoms with Crippen molar-refractivity contribution < 1.29 is 19.2 Å². The summed E-state index contributed by atoms with van der Waals surface area (Å²) >= 11 is 5.54. The molecule has 110 valence electrons. The molecule has 1 aromatic carbocycles.